The van der Waals surface area contributed by atoms with Gasteiger partial charge in [-0.25, -0.2) is 0 Å². The molecular formula is C11H19NO3S. The predicted molar refractivity (Wildman–Crippen MR) is 63.5 cm³/mol. The summed E-state index contributed by atoms with van der Waals surface area (Å²) in [7, 11) is 0. The van der Waals surface area contributed by atoms with Crippen LogP contribution in [0.2, 0.25) is 0 Å². The van der Waals surface area contributed by atoms with E-state index in [1.165, 1.54) is 6.42 Å². The maximum absolute atomic E-state index is 12.2. The predicted octanol–water partition coefficient (Wildman–Crippen LogP) is 0.492. The minimum absolute atomic E-state index is 0.00158. The van der Waals surface area contributed by atoms with Crippen LogP contribution in [0, 0.1) is 0 Å². The molecule has 0 radical (unpaired) electrons. The Labute approximate surface area is 100 Å². The number of thioether (sulfide) groups is 1. The van der Waals surface area contributed by atoms with Crippen LogP contribution in [0.3, 0.4) is 0 Å². The van der Waals surface area contributed by atoms with E-state index in [2.05, 4.69) is 0 Å². The molecule has 2 unspecified atom stereocenters. The monoisotopic (exact) mass is 245 g/mol. The molecule has 0 aliphatic carbocycles. The third-order valence-corrected chi connectivity index (χ3v) is 4.47. The van der Waals surface area contributed by atoms with E-state index in [-0.39, 0.29) is 23.9 Å². The molecule has 0 aromatic rings. The maximum Gasteiger partial charge on any atom is 0.235 e. The molecular weight excluding hydrogens is 226 g/mol. The van der Waals surface area contributed by atoms with Crippen molar-refractivity contribution in [2.45, 2.75) is 30.6 Å². The summed E-state index contributed by atoms with van der Waals surface area (Å²) in [6.07, 6.45) is 3.21. The Morgan fingerprint density at radius 1 is 1.50 bits per heavy atom. The van der Waals surface area contributed by atoms with Crippen molar-refractivity contribution in [3.05, 3.63) is 0 Å². The first-order chi connectivity index (χ1) is 7.81. The van der Waals surface area contributed by atoms with Gasteiger partial charge in [-0.15, -0.1) is 11.8 Å². The number of aliphatic hydroxyl groups is 1. The lowest BCUT2D eigenvalue weighted by molar-refractivity contribution is -0.139. The van der Waals surface area contributed by atoms with Gasteiger partial charge >= 0.3 is 0 Å². The van der Waals surface area contributed by atoms with E-state index in [0.29, 0.717) is 19.7 Å². The summed E-state index contributed by atoms with van der Waals surface area (Å²) in [5.74, 6) is 1.34. The van der Waals surface area contributed by atoms with E-state index in [0.717, 1.165) is 18.6 Å². The van der Waals surface area contributed by atoms with Gasteiger partial charge in [0.15, 0.2) is 0 Å². The van der Waals surface area contributed by atoms with Gasteiger partial charge in [0.05, 0.1) is 24.6 Å². The Morgan fingerprint density at radius 2 is 2.38 bits per heavy atom. The Hall–Kier alpha value is -0.260. The molecule has 2 atom stereocenters. The zero-order valence-corrected chi connectivity index (χ0v) is 10.2. The summed E-state index contributed by atoms with van der Waals surface area (Å²) >= 11 is 1.78. The topological polar surface area (TPSA) is 49.8 Å². The Kier molecular flexibility index (Phi) is 4.49. The lowest BCUT2D eigenvalue weighted by atomic mass is 10.1. The number of ether oxygens (including phenoxy) is 1. The number of amides is 1. The summed E-state index contributed by atoms with van der Waals surface area (Å²) in [4.78, 5) is 14.0. The molecule has 92 valence electrons. The number of nitrogens with zero attached hydrogens (tertiary/aromatic N) is 1. The Morgan fingerprint density at radius 3 is 3.06 bits per heavy atom. The highest BCUT2D eigenvalue weighted by molar-refractivity contribution is 8.00. The van der Waals surface area contributed by atoms with Crippen molar-refractivity contribution in [3.8, 4) is 0 Å². The van der Waals surface area contributed by atoms with Crippen LogP contribution in [0.15, 0.2) is 0 Å². The second-order valence-corrected chi connectivity index (χ2v) is 5.63. The molecule has 0 bridgehead atoms. The second-order valence-electron chi connectivity index (χ2n) is 4.31. The number of carbonyl (C=O) groups excluding carboxylic acids is 1. The van der Waals surface area contributed by atoms with Crippen LogP contribution >= 0.6 is 11.8 Å². The Bertz CT molecular complexity index is 243. The highest BCUT2D eigenvalue weighted by Gasteiger charge is 2.30. The van der Waals surface area contributed by atoms with E-state index in [1.54, 1.807) is 11.8 Å². The zero-order valence-electron chi connectivity index (χ0n) is 9.43. The van der Waals surface area contributed by atoms with E-state index in [9.17, 15) is 4.79 Å². The largest absolute Gasteiger partial charge is 0.394 e. The van der Waals surface area contributed by atoms with E-state index < -0.39 is 0 Å². The molecule has 0 spiro atoms. The molecule has 0 saturated carbocycles. The summed E-state index contributed by atoms with van der Waals surface area (Å²) < 4.78 is 5.34. The molecule has 2 rings (SSSR count). The SMILES string of the molecule is O=C(C1CCCCS1)N1CCOC(CO)C1. The molecule has 2 saturated heterocycles. The van der Waals surface area contributed by atoms with E-state index in [4.69, 9.17) is 9.84 Å². The van der Waals surface area contributed by atoms with Crippen LogP contribution in [0.4, 0.5) is 0 Å². The summed E-state index contributed by atoms with van der Waals surface area (Å²) in [6.45, 7) is 1.77. The quantitative estimate of drug-likeness (QED) is 0.769. The van der Waals surface area contributed by atoms with Crippen molar-refractivity contribution in [1.29, 1.82) is 0 Å². The minimum atomic E-state index is -0.189. The van der Waals surface area contributed by atoms with Crippen LogP contribution in [0.5, 0.6) is 0 Å². The van der Waals surface area contributed by atoms with Gasteiger partial charge in [0.1, 0.15) is 0 Å². The molecule has 16 heavy (non-hydrogen) atoms. The zero-order chi connectivity index (χ0) is 11.4. The molecule has 1 amide bonds. The van der Waals surface area contributed by atoms with Gasteiger partial charge in [0.2, 0.25) is 5.91 Å². The molecule has 2 heterocycles. The fraction of sp³-hybridized carbons (Fsp3) is 0.909. The molecule has 5 heteroatoms. The smallest absolute Gasteiger partial charge is 0.235 e. The van der Waals surface area contributed by atoms with Crippen LogP contribution in [-0.4, -0.2) is 59.3 Å². The molecule has 0 aromatic heterocycles. The number of rotatable bonds is 2. The highest BCUT2D eigenvalue weighted by atomic mass is 32.2. The van der Waals surface area contributed by atoms with Crippen molar-refractivity contribution < 1.29 is 14.6 Å². The number of morpholine rings is 1. The van der Waals surface area contributed by atoms with Crippen molar-refractivity contribution >= 4 is 17.7 Å². The van der Waals surface area contributed by atoms with Crippen LogP contribution in [0.1, 0.15) is 19.3 Å². The van der Waals surface area contributed by atoms with Crippen molar-refractivity contribution in [1.82, 2.24) is 4.90 Å². The lowest BCUT2D eigenvalue weighted by Gasteiger charge is -2.35. The van der Waals surface area contributed by atoms with Gasteiger partial charge in [-0.2, -0.15) is 0 Å². The van der Waals surface area contributed by atoms with Crippen LogP contribution < -0.4 is 0 Å². The second kappa shape index (κ2) is 5.89. The average molecular weight is 245 g/mol. The molecule has 2 aliphatic heterocycles. The van der Waals surface area contributed by atoms with Gasteiger partial charge in [-0.1, -0.05) is 6.42 Å². The first kappa shape index (κ1) is 12.2. The van der Waals surface area contributed by atoms with Crippen molar-refractivity contribution in [2.24, 2.45) is 0 Å². The number of hydrogen-bond donors (Lipinski definition) is 1. The third-order valence-electron chi connectivity index (χ3n) is 3.11. The summed E-state index contributed by atoms with van der Waals surface area (Å²) in [6, 6.07) is 0. The first-order valence-corrected chi connectivity index (χ1v) is 6.99. The fourth-order valence-electron chi connectivity index (χ4n) is 2.17. The molecule has 0 aromatic carbocycles. The molecule has 2 aliphatic rings. The number of aliphatic hydroxyl groups excluding tert-OH is 1. The molecule has 2 fully saturated rings. The van der Waals surface area contributed by atoms with Gasteiger partial charge < -0.3 is 14.7 Å². The van der Waals surface area contributed by atoms with Gasteiger partial charge in [-0.05, 0) is 18.6 Å². The third kappa shape index (κ3) is 2.90. The lowest BCUT2D eigenvalue weighted by Crippen LogP contribution is -2.49. The summed E-state index contributed by atoms with van der Waals surface area (Å²) in [5.41, 5.74) is 0. The molecule has 1 N–H and O–H groups in total. The average Bonchev–Trinajstić information content (AvgIpc) is 2.39. The van der Waals surface area contributed by atoms with Gasteiger partial charge in [0, 0.05) is 13.1 Å². The maximum atomic E-state index is 12.2. The first-order valence-electron chi connectivity index (χ1n) is 5.94. The van der Waals surface area contributed by atoms with Gasteiger partial charge in [0.25, 0.3) is 0 Å². The van der Waals surface area contributed by atoms with Crippen LogP contribution in [0.25, 0.3) is 0 Å². The number of hydrogen-bond acceptors (Lipinski definition) is 4. The normalized spacial score (nSPS) is 31.4. The minimum Gasteiger partial charge on any atom is -0.394 e. The van der Waals surface area contributed by atoms with E-state index in [1.807, 2.05) is 4.90 Å². The Balaban J connectivity index is 1.87. The number of carbonyl (C=O) groups is 1. The van der Waals surface area contributed by atoms with Crippen LogP contribution in [-0.2, 0) is 9.53 Å². The summed E-state index contributed by atoms with van der Waals surface area (Å²) in [5, 5.41) is 9.18. The van der Waals surface area contributed by atoms with Gasteiger partial charge in [-0.3, -0.25) is 4.79 Å². The van der Waals surface area contributed by atoms with E-state index >= 15 is 0 Å². The fourth-order valence-corrected chi connectivity index (χ4v) is 3.45. The highest BCUT2D eigenvalue weighted by Crippen LogP contribution is 2.27. The van der Waals surface area contributed by atoms with Crippen molar-refractivity contribution in [3.63, 3.8) is 0 Å². The van der Waals surface area contributed by atoms with Crippen molar-refractivity contribution in [2.75, 3.05) is 32.1 Å². The standard InChI is InChI=1S/C11H19NO3S/c13-8-9-7-12(4-5-15-9)11(14)10-3-1-2-6-16-10/h9-10,13H,1-8H2. The molecule has 4 nitrogen and oxygen atoms in total.